The van der Waals surface area contributed by atoms with Crippen LogP contribution in [0.5, 0.6) is 5.75 Å². The number of carbonyl (C=O) groups excluding carboxylic acids is 1. The van der Waals surface area contributed by atoms with E-state index in [0.717, 1.165) is 12.1 Å². The predicted molar refractivity (Wildman–Crippen MR) is 37.3 cm³/mol. The van der Waals surface area contributed by atoms with E-state index in [1.807, 2.05) is 0 Å². The van der Waals surface area contributed by atoms with Crippen LogP contribution < -0.4 is 9.84 Å². The molecule has 4 heteroatoms. The number of rotatable bonds is 2. The van der Waals surface area contributed by atoms with E-state index >= 15 is 0 Å². The number of carboxylic acid groups (broad SMARTS) is 1. The summed E-state index contributed by atoms with van der Waals surface area (Å²) in [7, 11) is 1.33. The van der Waals surface area contributed by atoms with Crippen LogP contribution in [-0.4, -0.2) is 13.1 Å². The van der Waals surface area contributed by atoms with Gasteiger partial charge in [-0.1, -0.05) is 0 Å². The zero-order chi connectivity index (χ0) is 9.14. The number of carbonyl (C=O) groups is 1. The molecule has 3 nitrogen and oxygen atoms in total. The van der Waals surface area contributed by atoms with E-state index in [1.54, 1.807) is 0 Å². The maximum atomic E-state index is 12.6. The highest BCUT2D eigenvalue weighted by molar-refractivity contribution is 5.86. The van der Waals surface area contributed by atoms with Crippen LogP contribution in [0.15, 0.2) is 18.2 Å². The predicted octanol–water partition coefficient (Wildman–Crippen LogP) is 0.198. The van der Waals surface area contributed by atoms with E-state index in [9.17, 15) is 14.3 Å². The van der Waals surface area contributed by atoms with Crippen LogP contribution in [0.25, 0.3) is 0 Å². The Hall–Kier alpha value is -1.58. The average molecular weight is 169 g/mol. The molecule has 1 rings (SSSR count). The summed E-state index contributed by atoms with van der Waals surface area (Å²) >= 11 is 0. The first-order valence-corrected chi connectivity index (χ1v) is 3.19. The summed E-state index contributed by atoms with van der Waals surface area (Å²) in [6.45, 7) is 0. The maximum Gasteiger partial charge on any atom is 0.127 e. The third-order valence-corrected chi connectivity index (χ3v) is 1.34. The lowest BCUT2D eigenvalue weighted by Crippen LogP contribution is -2.22. The van der Waals surface area contributed by atoms with Gasteiger partial charge in [-0.25, -0.2) is 4.39 Å². The molecule has 64 valence electrons. The molecule has 12 heavy (non-hydrogen) atoms. The Morgan fingerprint density at radius 1 is 1.50 bits per heavy atom. The molecule has 0 aliphatic heterocycles. The van der Waals surface area contributed by atoms with E-state index in [0.29, 0.717) is 0 Å². The van der Waals surface area contributed by atoms with E-state index in [4.69, 9.17) is 0 Å². The van der Waals surface area contributed by atoms with Crippen LogP contribution >= 0.6 is 0 Å². The van der Waals surface area contributed by atoms with Gasteiger partial charge in [-0.15, -0.1) is 0 Å². The molecule has 0 fully saturated rings. The molecule has 1 aromatic rings. The van der Waals surface area contributed by atoms with Crippen molar-refractivity contribution in [1.29, 1.82) is 0 Å². The molecule has 1 aromatic carbocycles. The van der Waals surface area contributed by atoms with Crippen molar-refractivity contribution in [3.05, 3.63) is 29.6 Å². The molecule has 0 saturated carbocycles. The second-order valence-corrected chi connectivity index (χ2v) is 2.17. The lowest BCUT2D eigenvalue weighted by Gasteiger charge is -2.05. The summed E-state index contributed by atoms with van der Waals surface area (Å²) in [6, 6.07) is 3.16. The number of benzene rings is 1. The largest absolute Gasteiger partial charge is 0.545 e. The number of aromatic carboxylic acids is 1. The van der Waals surface area contributed by atoms with Crippen molar-refractivity contribution in [3.63, 3.8) is 0 Å². The molecule has 0 atom stereocenters. The normalized spacial score (nSPS) is 9.50. The Kier molecular flexibility index (Phi) is 2.28. The van der Waals surface area contributed by atoms with Crippen molar-refractivity contribution >= 4 is 5.97 Å². The minimum atomic E-state index is -1.42. The highest BCUT2D eigenvalue weighted by Gasteiger charge is 2.00. The summed E-state index contributed by atoms with van der Waals surface area (Å²) in [6.07, 6.45) is 0. The standard InChI is InChI=1S/C8H7FO3/c1-12-7-3-5(8(10)11)2-6(9)4-7/h2-4H,1H3,(H,10,11)/p-1. The first kappa shape index (κ1) is 8.52. The van der Waals surface area contributed by atoms with Crippen molar-refractivity contribution < 1.29 is 19.0 Å². The fourth-order valence-corrected chi connectivity index (χ4v) is 0.798. The fraction of sp³-hybridized carbons (Fsp3) is 0.125. The van der Waals surface area contributed by atoms with Gasteiger partial charge >= 0.3 is 0 Å². The van der Waals surface area contributed by atoms with Crippen LogP contribution in [0.1, 0.15) is 10.4 Å². The molecule has 0 radical (unpaired) electrons. The summed E-state index contributed by atoms with van der Waals surface area (Å²) in [5.74, 6) is -1.92. The van der Waals surface area contributed by atoms with Crippen molar-refractivity contribution in [2.45, 2.75) is 0 Å². The Labute approximate surface area is 68.4 Å². The number of methoxy groups -OCH3 is 1. The van der Waals surface area contributed by atoms with Crippen LogP contribution in [0.3, 0.4) is 0 Å². The third kappa shape index (κ3) is 1.72. The van der Waals surface area contributed by atoms with Gasteiger partial charge in [0.1, 0.15) is 11.6 Å². The van der Waals surface area contributed by atoms with Crippen LogP contribution in [-0.2, 0) is 0 Å². The van der Waals surface area contributed by atoms with Crippen molar-refractivity contribution in [1.82, 2.24) is 0 Å². The highest BCUT2D eigenvalue weighted by Crippen LogP contribution is 2.14. The van der Waals surface area contributed by atoms with Crippen molar-refractivity contribution in [3.8, 4) is 5.75 Å². The topological polar surface area (TPSA) is 49.4 Å². The average Bonchev–Trinajstić information content (AvgIpc) is 2.03. The lowest BCUT2D eigenvalue weighted by atomic mass is 10.2. The van der Waals surface area contributed by atoms with Gasteiger partial charge in [-0.05, 0) is 12.1 Å². The second kappa shape index (κ2) is 3.21. The smallest absolute Gasteiger partial charge is 0.127 e. The molecule has 0 aromatic heterocycles. The third-order valence-electron chi connectivity index (χ3n) is 1.34. The quantitative estimate of drug-likeness (QED) is 0.635. The Bertz CT molecular complexity index is 309. The molecule has 0 unspecified atom stereocenters. The molecular weight excluding hydrogens is 163 g/mol. The molecule has 0 spiro atoms. The molecule has 0 bridgehead atoms. The lowest BCUT2D eigenvalue weighted by molar-refractivity contribution is -0.255. The first-order chi connectivity index (χ1) is 5.63. The van der Waals surface area contributed by atoms with Gasteiger partial charge in [-0.2, -0.15) is 0 Å². The van der Waals surface area contributed by atoms with Crippen molar-refractivity contribution in [2.75, 3.05) is 7.11 Å². The highest BCUT2D eigenvalue weighted by atomic mass is 19.1. The second-order valence-electron chi connectivity index (χ2n) is 2.17. The Morgan fingerprint density at radius 3 is 2.67 bits per heavy atom. The van der Waals surface area contributed by atoms with E-state index in [2.05, 4.69) is 4.74 Å². The first-order valence-electron chi connectivity index (χ1n) is 3.19. The van der Waals surface area contributed by atoms with Crippen LogP contribution in [0, 0.1) is 5.82 Å². The zero-order valence-electron chi connectivity index (χ0n) is 6.33. The maximum absolute atomic E-state index is 12.6. The molecular formula is C8H6FO3-. The molecule has 0 saturated heterocycles. The minimum absolute atomic E-state index is 0.161. The summed E-state index contributed by atoms with van der Waals surface area (Å²) in [5, 5.41) is 10.3. The summed E-state index contributed by atoms with van der Waals surface area (Å²) < 4.78 is 17.3. The molecule has 0 aliphatic rings. The number of hydrogen-bond acceptors (Lipinski definition) is 3. The van der Waals surface area contributed by atoms with E-state index in [1.165, 1.54) is 13.2 Å². The molecule has 0 N–H and O–H groups in total. The van der Waals surface area contributed by atoms with Gasteiger partial charge in [0.25, 0.3) is 0 Å². The van der Waals surface area contributed by atoms with Gasteiger partial charge in [0.05, 0.1) is 13.1 Å². The van der Waals surface area contributed by atoms with E-state index in [-0.39, 0.29) is 11.3 Å². The van der Waals surface area contributed by atoms with Gasteiger partial charge < -0.3 is 14.6 Å². The summed E-state index contributed by atoms with van der Waals surface area (Å²) in [4.78, 5) is 10.3. The fourth-order valence-electron chi connectivity index (χ4n) is 0.798. The monoisotopic (exact) mass is 169 g/mol. The van der Waals surface area contributed by atoms with Gasteiger partial charge in [0, 0.05) is 11.6 Å². The number of ether oxygens (including phenoxy) is 1. The number of hydrogen-bond donors (Lipinski definition) is 0. The number of carboxylic acids is 1. The Morgan fingerprint density at radius 2 is 2.17 bits per heavy atom. The SMILES string of the molecule is COc1cc(F)cc(C(=O)[O-])c1. The van der Waals surface area contributed by atoms with Gasteiger partial charge in [0.2, 0.25) is 0 Å². The van der Waals surface area contributed by atoms with Crippen molar-refractivity contribution in [2.24, 2.45) is 0 Å². The Balaban J connectivity index is 3.15. The zero-order valence-corrected chi connectivity index (χ0v) is 6.33. The molecule has 0 aliphatic carbocycles. The molecule has 0 amide bonds. The number of halogens is 1. The van der Waals surface area contributed by atoms with E-state index < -0.39 is 11.8 Å². The van der Waals surface area contributed by atoms with Crippen LogP contribution in [0.4, 0.5) is 4.39 Å². The summed E-state index contributed by atoms with van der Waals surface area (Å²) in [5.41, 5.74) is -0.230. The molecule has 0 heterocycles. The van der Waals surface area contributed by atoms with Gasteiger partial charge in [0.15, 0.2) is 0 Å². The van der Waals surface area contributed by atoms with Crippen LogP contribution in [0.2, 0.25) is 0 Å². The van der Waals surface area contributed by atoms with Gasteiger partial charge in [-0.3, -0.25) is 0 Å². The minimum Gasteiger partial charge on any atom is -0.545 e.